The highest BCUT2D eigenvalue weighted by Crippen LogP contribution is 2.39. The van der Waals surface area contributed by atoms with Crippen LogP contribution in [0.1, 0.15) is 48.4 Å². The fraction of sp³-hybridized carbons (Fsp3) is 0.625. The Balaban J connectivity index is 1.83. The molecule has 1 aromatic rings. The van der Waals surface area contributed by atoms with Crippen LogP contribution in [0, 0.1) is 6.92 Å². The molecule has 1 atom stereocenters. The number of rotatable bonds is 2. The second kappa shape index (κ2) is 5.23. The Hall–Kier alpha value is -0.900. The molecule has 1 aliphatic carbocycles. The standard InChI is InChI=1S/C16H24N2O/c1-11-3-2-4-14-15(11)10-18(16(14)9-17)12-5-7-13(19)8-6-12/h2-4,12-13,16,19H,5-10,17H2,1H3. The van der Waals surface area contributed by atoms with Crippen molar-refractivity contribution in [3.63, 3.8) is 0 Å². The number of hydrogen-bond acceptors (Lipinski definition) is 3. The highest BCUT2D eigenvalue weighted by atomic mass is 16.3. The molecular formula is C16H24N2O. The second-order valence-electron chi connectivity index (χ2n) is 6.03. The van der Waals surface area contributed by atoms with Gasteiger partial charge in [0.15, 0.2) is 0 Å². The van der Waals surface area contributed by atoms with Gasteiger partial charge in [-0.2, -0.15) is 0 Å². The molecule has 3 heteroatoms. The molecular weight excluding hydrogens is 236 g/mol. The van der Waals surface area contributed by atoms with Gasteiger partial charge in [0.1, 0.15) is 0 Å². The third-order valence-corrected chi connectivity index (χ3v) is 4.91. The number of aliphatic hydroxyl groups is 1. The van der Waals surface area contributed by atoms with E-state index >= 15 is 0 Å². The lowest BCUT2D eigenvalue weighted by Gasteiger charge is -2.36. The van der Waals surface area contributed by atoms with Crippen LogP contribution in [0.5, 0.6) is 0 Å². The van der Waals surface area contributed by atoms with E-state index in [2.05, 4.69) is 30.0 Å². The average Bonchev–Trinajstić information content (AvgIpc) is 2.79. The van der Waals surface area contributed by atoms with E-state index in [1.54, 1.807) is 0 Å². The molecule has 1 heterocycles. The molecule has 0 aromatic heterocycles. The summed E-state index contributed by atoms with van der Waals surface area (Å²) in [7, 11) is 0. The maximum absolute atomic E-state index is 9.67. The van der Waals surface area contributed by atoms with Gasteiger partial charge in [-0.15, -0.1) is 0 Å². The highest BCUT2D eigenvalue weighted by molar-refractivity contribution is 5.40. The van der Waals surface area contributed by atoms with Crippen molar-refractivity contribution < 1.29 is 5.11 Å². The largest absolute Gasteiger partial charge is 0.393 e. The minimum atomic E-state index is -0.0840. The summed E-state index contributed by atoms with van der Waals surface area (Å²) >= 11 is 0. The second-order valence-corrected chi connectivity index (χ2v) is 6.03. The van der Waals surface area contributed by atoms with Crippen LogP contribution in [0.2, 0.25) is 0 Å². The molecule has 3 rings (SSSR count). The normalized spacial score (nSPS) is 31.4. The van der Waals surface area contributed by atoms with Gasteiger partial charge in [0, 0.05) is 25.2 Å². The zero-order valence-corrected chi connectivity index (χ0v) is 11.7. The summed E-state index contributed by atoms with van der Waals surface area (Å²) in [5.74, 6) is 0. The van der Waals surface area contributed by atoms with Gasteiger partial charge in [0.2, 0.25) is 0 Å². The van der Waals surface area contributed by atoms with Gasteiger partial charge in [-0.05, 0) is 49.3 Å². The van der Waals surface area contributed by atoms with Crippen molar-refractivity contribution in [2.75, 3.05) is 6.54 Å². The first kappa shape index (κ1) is 13.1. The maximum atomic E-state index is 9.67. The van der Waals surface area contributed by atoms with Crippen molar-refractivity contribution in [2.45, 2.75) is 57.3 Å². The Morgan fingerprint density at radius 2 is 2.00 bits per heavy atom. The Morgan fingerprint density at radius 3 is 2.68 bits per heavy atom. The number of nitrogens with zero attached hydrogens (tertiary/aromatic N) is 1. The van der Waals surface area contributed by atoms with Gasteiger partial charge in [-0.3, -0.25) is 4.90 Å². The Bertz CT molecular complexity index is 452. The van der Waals surface area contributed by atoms with Crippen molar-refractivity contribution >= 4 is 0 Å². The maximum Gasteiger partial charge on any atom is 0.0541 e. The molecule has 1 aromatic carbocycles. The lowest BCUT2D eigenvalue weighted by Crippen LogP contribution is -2.40. The Labute approximate surface area is 115 Å². The van der Waals surface area contributed by atoms with Crippen LogP contribution in [-0.4, -0.2) is 28.7 Å². The van der Waals surface area contributed by atoms with Crippen molar-refractivity contribution in [3.8, 4) is 0 Å². The van der Waals surface area contributed by atoms with E-state index in [9.17, 15) is 5.11 Å². The van der Waals surface area contributed by atoms with E-state index in [0.29, 0.717) is 18.6 Å². The van der Waals surface area contributed by atoms with Crippen molar-refractivity contribution in [1.29, 1.82) is 0 Å². The first-order chi connectivity index (χ1) is 9.20. The summed E-state index contributed by atoms with van der Waals surface area (Å²) in [6, 6.07) is 7.53. The molecule has 0 bridgehead atoms. The molecule has 0 spiro atoms. The van der Waals surface area contributed by atoms with Crippen LogP contribution in [0.15, 0.2) is 18.2 Å². The number of aliphatic hydroxyl groups excluding tert-OH is 1. The van der Waals surface area contributed by atoms with Crippen LogP contribution in [-0.2, 0) is 6.54 Å². The molecule has 1 unspecified atom stereocenters. The molecule has 0 radical (unpaired) electrons. The molecule has 3 N–H and O–H groups in total. The predicted molar refractivity (Wildman–Crippen MR) is 76.8 cm³/mol. The summed E-state index contributed by atoms with van der Waals surface area (Å²) in [6.45, 7) is 3.92. The zero-order valence-electron chi connectivity index (χ0n) is 11.7. The molecule has 1 fully saturated rings. The molecule has 1 aliphatic heterocycles. The molecule has 2 aliphatic rings. The van der Waals surface area contributed by atoms with E-state index in [4.69, 9.17) is 5.73 Å². The fourth-order valence-corrected chi connectivity index (χ4v) is 3.76. The van der Waals surface area contributed by atoms with E-state index in [0.717, 1.165) is 32.2 Å². The molecule has 1 saturated carbocycles. The summed E-state index contributed by atoms with van der Waals surface area (Å²) in [5.41, 5.74) is 10.3. The molecule has 104 valence electrons. The van der Waals surface area contributed by atoms with E-state index in [1.165, 1.54) is 16.7 Å². The quantitative estimate of drug-likeness (QED) is 0.856. The summed E-state index contributed by atoms with van der Waals surface area (Å²) in [6.07, 6.45) is 4.00. The van der Waals surface area contributed by atoms with Crippen molar-refractivity contribution in [1.82, 2.24) is 4.90 Å². The van der Waals surface area contributed by atoms with Crippen molar-refractivity contribution in [3.05, 3.63) is 34.9 Å². The molecule has 0 amide bonds. The zero-order chi connectivity index (χ0) is 13.4. The number of fused-ring (bicyclic) bond motifs is 1. The van der Waals surface area contributed by atoms with Crippen LogP contribution >= 0.6 is 0 Å². The highest BCUT2D eigenvalue weighted by Gasteiger charge is 2.36. The van der Waals surface area contributed by atoms with Crippen LogP contribution < -0.4 is 5.73 Å². The fourth-order valence-electron chi connectivity index (χ4n) is 3.76. The average molecular weight is 260 g/mol. The van der Waals surface area contributed by atoms with Crippen LogP contribution in [0.4, 0.5) is 0 Å². The smallest absolute Gasteiger partial charge is 0.0541 e. The summed E-state index contributed by atoms with van der Waals surface area (Å²) in [5, 5.41) is 9.67. The first-order valence-corrected chi connectivity index (χ1v) is 7.43. The third kappa shape index (κ3) is 2.31. The van der Waals surface area contributed by atoms with E-state index in [-0.39, 0.29) is 6.10 Å². The van der Waals surface area contributed by atoms with Gasteiger partial charge in [0.25, 0.3) is 0 Å². The number of benzene rings is 1. The van der Waals surface area contributed by atoms with Gasteiger partial charge in [0.05, 0.1) is 6.10 Å². The van der Waals surface area contributed by atoms with Gasteiger partial charge < -0.3 is 10.8 Å². The van der Waals surface area contributed by atoms with Crippen LogP contribution in [0.3, 0.4) is 0 Å². The summed E-state index contributed by atoms with van der Waals surface area (Å²) in [4.78, 5) is 2.57. The topological polar surface area (TPSA) is 49.5 Å². The number of hydrogen-bond donors (Lipinski definition) is 2. The molecule has 3 nitrogen and oxygen atoms in total. The third-order valence-electron chi connectivity index (χ3n) is 4.91. The van der Waals surface area contributed by atoms with E-state index in [1.807, 2.05) is 0 Å². The number of nitrogens with two attached hydrogens (primary N) is 1. The molecule has 19 heavy (non-hydrogen) atoms. The monoisotopic (exact) mass is 260 g/mol. The Morgan fingerprint density at radius 1 is 1.26 bits per heavy atom. The van der Waals surface area contributed by atoms with Crippen molar-refractivity contribution in [2.24, 2.45) is 5.73 Å². The molecule has 0 saturated heterocycles. The minimum Gasteiger partial charge on any atom is -0.393 e. The van der Waals surface area contributed by atoms with Gasteiger partial charge >= 0.3 is 0 Å². The van der Waals surface area contributed by atoms with Gasteiger partial charge in [-0.1, -0.05) is 18.2 Å². The van der Waals surface area contributed by atoms with E-state index < -0.39 is 0 Å². The first-order valence-electron chi connectivity index (χ1n) is 7.43. The number of aryl methyl sites for hydroxylation is 1. The lowest BCUT2D eigenvalue weighted by atomic mass is 9.91. The SMILES string of the molecule is Cc1cccc2c1CN(C1CCC(O)CC1)C2CN. The Kier molecular flexibility index (Phi) is 3.61. The minimum absolute atomic E-state index is 0.0840. The lowest BCUT2D eigenvalue weighted by molar-refractivity contribution is 0.0571. The van der Waals surface area contributed by atoms with Crippen LogP contribution in [0.25, 0.3) is 0 Å². The predicted octanol–water partition coefficient (Wildman–Crippen LogP) is 2.11. The van der Waals surface area contributed by atoms with Gasteiger partial charge in [-0.25, -0.2) is 0 Å². The summed E-state index contributed by atoms with van der Waals surface area (Å²) < 4.78 is 0.